The fourth-order valence-corrected chi connectivity index (χ4v) is 5.62. The Hall–Kier alpha value is -3.56. The number of esters is 1. The predicted octanol–water partition coefficient (Wildman–Crippen LogP) is 5.22. The molecule has 2 unspecified atom stereocenters. The normalized spacial score (nSPS) is 18.8. The monoisotopic (exact) mass is 535 g/mol. The Kier molecular flexibility index (Phi) is 8.28. The van der Waals surface area contributed by atoms with Crippen molar-refractivity contribution < 1.29 is 23.1 Å². The molecule has 38 heavy (non-hydrogen) atoms. The van der Waals surface area contributed by atoms with Crippen LogP contribution in [0.4, 0.5) is 0 Å². The van der Waals surface area contributed by atoms with Crippen LogP contribution in [-0.2, 0) is 26.0 Å². The van der Waals surface area contributed by atoms with E-state index in [1.165, 1.54) is 6.20 Å². The highest BCUT2D eigenvalue weighted by Crippen LogP contribution is 2.43. The number of benzene rings is 2. The molecule has 0 saturated heterocycles. The molecule has 0 amide bonds. The number of primary sulfonamides is 1. The van der Waals surface area contributed by atoms with Crippen LogP contribution in [0.25, 0.3) is 11.3 Å². The summed E-state index contributed by atoms with van der Waals surface area (Å²) in [6.07, 6.45) is 4.74. The van der Waals surface area contributed by atoms with E-state index in [1.54, 1.807) is 24.3 Å². The lowest BCUT2D eigenvalue weighted by molar-refractivity contribution is -0.161. The van der Waals surface area contributed by atoms with Crippen LogP contribution in [0.1, 0.15) is 63.0 Å². The van der Waals surface area contributed by atoms with E-state index < -0.39 is 32.7 Å². The van der Waals surface area contributed by atoms with Crippen molar-refractivity contribution in [3.8, 4) is 11.3 Å². The van der Waals surface area contributed by atoms with Crippen LogP contribution in [0.5, 0.6) is 0 Å². The van der Waals surface area contributed by atoms with Gasteiger partial charge in [-0.05, 0) is 31.2 Å². The first-order chi connectivity index (χ1) is 18.2. The SMILES string of the molecule is CCCC1(CCc2ccccc2)CC(O)=C(C(CC)c2cnc(S(N)(=O)=O)nc2-c2ccccc2)C(=O)O1. The number of aryl methyl sites for hydroxylation is 1. The van der Waals surface area contributed by atoms with Crippen molar-refractivity contribution in [3.63, 3.8) is 0 Å². The van der Waals surface area contributed by atoms with Crippen LogP contribution in [0.2, 0.25) is 0 Å². The molecule has 1 aliphatic rings. The molecule has 3 N–H and O–H groups in total. The number of ether oxygens (including phenoxy) is 1. The van der Waals surface area contributed by atoms with Gasteiger partial charge in [0, 0.05) is 29.7 Å². The zero-order valence-corrected chi connectivity index (χ0v) is 22.4. The first-order valence-electron chi connectivity index (χ1n) is 12.8. The maximum absolute atomic E-state index is 13.6. The highest BCUT2D eigenvalue weighted by atomic mass is 32.2. The van der Waals surface area contributed by atoms with Crippen molar-refractivity contribution in [2.24, 2.45) is 5.14 Å². The zero-order chi connectivity index (χ0) is 27.3. The van der Waals surface area contributed by atoms with Crippen LogP contribution in [0, 0.1) is 0 Å². The number of aliphatic hydroxyl groups is 1. The number of nitrogens with two attached hydrogens (primary N) is 1. The minimum Gasteiger partial charge on any atom is -0.512 e. The molecular formula is C29H33N3O5S. The molecule has 0 bridgehead atoms. The average Bonchev–Trinajstić information content (AvgIpc) is 2.90. The highest BCUT2D eigenvalue weighted by molar-refractivity contribution is 7.89. The van der Waals surface area contributed by atoms with Gasteiger partial charge in [0.25, 0.3) is 15.2 Å². The molecule has 4 rings (SSSR count). The molecule has 2 atom stereocenters. The summed E-state index contributed by atoms with van der Waals surface area (Å²) in [6, 6.07) is 19.0. The lowest BCUT2D eigenvalue weighted by Gasteiger charge is -2.39. The standard InChI is InChI=1S/C29H33N3O5S/c1-3-16-29(17-15-20-11-7-5-8-12-20)18-24(33)25(27(34)37-29)22(4-2)23-19-31-28(38(30,35)36)32-26(23)21-13-9-6-10-14-21/h5-14,19,22,33H,3-4,15-18H2,1-2H3,(H2,30,35,36). The molecule has 9 heteroatoms. The molecule has 0 fully saturated rings. The van der Waals surface area contributed by atoms with Crippen LogP contribution < -0.4 is 5.14 Å². The van der Waals surface area contributed by atoms with Gasteiger partial charge >= 0.3 is 5.97 Å². The van der Waals surface area contributed by atoms with Gasteiger partial charge < -0.3 is 9.84 Å². The van der Waals surface area contributed by atoms with Gasteiger partial charge in [-0.15, -0.1) is 0 Å². The van der Waals surface area contributed by atoms with E-state index in [9.17, 15) is 18.3 Å². The Morgan fingerprint density at radius 1 is 1.05 bits per heavy atom. The van der Waals surface area contributed by atoms with E-state index in [0.29, 0.717) is 36.1 Å². The number of nitrogens with zero attached hydrogens (tertiary/aromatic N) is 2. The molecular weight excluding hydrogens is 502 g/mol. The van der Waals surface area contributed by atoms with Crippen molar-refractivity contribution in [1.82, 2.24) is 9.97 Å². The number of rotatable bonds is 10. The molecule has 1 aromatic heterocycles. The van der Waals surface area contributed by atoms with Crippen LogP contribution in [-0.4, -0.2) is 35.1 Å². The molecule has 0 spiro atoms. The number of carbonyl (C=O) groups is 1. The fourth-order valence-electron chi connectivity index (χ4n) is 5.20. The number of carbonyl (C=O) groups excluding carboxylic acids is 1. The quantitative estimate of drug-likeness (QED) is 0.269. The van der Waals surface area contributed by atoms with Gasteiger partial charge in [0.1, 0.15) is 11.4 Å². The second-order valence-electron chi connectivity index (χ2n) is 9.67. The van der Waals surface area contributed by atoms with Crippen molar-refractivity contribution in [3.05, 3.63) is 89.3 Å². The molecule has 3 aromatic rings. The van der Waals surface area contributed by atoms with Crippen LogP contribution in [0.3, 0.4) is 0 Å². The van der Waals surface area contributed by atoms with Gasteiger partial charge in [-0.1, -0.05) is 80.9 Å². The maximum Gasteiger partial charge on any atom is 0.338 e. The number of hydrogen-bond donors (Lipinski definition) is 2. The third kappa shape index (κ3) is 5.95. The maximum atomic E-state index is 13.6. The Balaban J connectivity index is 1.74. The number of cyclic esters (lactones) is 1. The molecule has 2 heterocycles. The van der Waals surface area contributed by atoms with Gasteiger partial charge in [0.2, 0.25) is 0 Å². The Labute approximate surface area is 223 Å². The van der Waals surface area contributed by atoms with E-state index in [4.69, 9.17) is 9.88 Å². The topological polar surface area (TPSA) is 132 Å². The Bertz CT molecular complexity index is 1430. The number of aromatic nitrogens is 2. The summed E-state index contributed by atoms with van der Waals surface area (Å²) >= 11 is 0. The third-order valence-corrected chi connectivity index (χ3v) is 7.68. The second-order valence-corrected chi connectivity index (χ2v) is 11.1. The summed E-state index contributed by atoms with van der Waals surface area (Å²) < 4.78 is 30.1. The van der Waals surface area contributed by atoms with E-state index in [1.807, 2.05) is 50.2 Å². The predicted molar refractivity (Wildman–Crippen MR) is 145 cm³/mol. The molecule has 2 aromatic carbocycles. The molecule has 0 radical (unpaired) electrons. The van der Waals surface area contributed by atoms with Crippen LogP contribution >= 0.6 is 0 Å². The highest BCUT2D eigenvalue weighted by Gasteiger charge is 2.43. The van der Waals surface area contributed by atoms with Gasteiger partial charge in [-0.3, -0.25) is 0 Å². The summed E-state index contributed by atoms with van der Waals surface area (Å²) in [6.45, 7) is 3.91. The Morgan fingerprint density at radius 3 is 2.29 bits per heavy atom. The molecule has 0 saturated carbocycles. The first kappa shape index (κ1) is 27.5. The largest absolute Gasteiger partial charge is 0.512 e. The van der Waals surface area contributed by atoms with Crippen molar-refractivity contribution in [2.75, 3.05) is 0 Å². The smallest absolute Gasteiger partial charge is 0.338 e. The van der Waals surface area contributed by atoms with E-state index >= 15 is 0 Å². The lowest BCUT2D eigenvalue weighted by atomic mass is 9.79. The number of aliphatic hydroxyl groups excluding tert-OH is 1. The van der Waals surface area contributed by atoms with Gasteiger partial charge in [-0.2, -0.15) is 0 Å². The van der Waals surface area contributed by atoms with Gasteiger partial charge in [-0.25, -0.2) is 28.3 Å². The van der Waals surface area contributed by atoms with E-state index in [0.717, 1.165) is 18.4 Å². The molecule has 1 aliphatic heterocycles. The minimum atomic E-state index is -4.16. The lowest BCUT2D eigenvalue weighted by Crippen LogP contribution is -2.41. The summed E-state index contributed by atoms with van der Waals surface area (Å²) in [7, 11) is -4.16. The third-order valence-electron chi connectivity index (χ3n) is 6.98. The summed E-state index contributed by atoms with van der Waals surface area (Å²) in [5.41, 5.74) is 1.98. The number of hydrogen-bond acceptors (Lipinski definition) is 7. The van der Waals surface area contributed by atoms with Crippen molar-refractivity contribution in [1.29, 1.82) is 0 Å². The summed E-state index contributed by atoms with van der Waals surface area (Å²) in [5.74, 6) is -1.19. The van der Waals surface area contributed by atoms with E-state index in [2.05, 4.69) is 9.97 Å². The fraction of sp³-hybridized carbons (Fsp3) is 0.345. The van der Waals surface area contributed by atoms with Crippen molar-refractivity contribution >= 4 is 16.0 Å². The Morgan fingerprint density at radius 2 is 1.71 bits per heavy atom. The average molecular weight is 536 g/mol. The van der Waals surface area contributed by atoms with Gasteiger partial charge in [0.05, 0.1) is 11.3 Å². The summed E-state index contributed by atoms with van der Waals surface area (Å²) in [4.78, 5) is 21.8. The first-order valence-corrected chi connectivity index (χ1v) is 14.4. The van der Waals surface area contributed by atoms with E-state index in [-0.39, 0.29) is 17.8 Å². The van der Waals surface area contributed by atoms with Crippen molar-refractivity contribution in [2.45, 2.75) is 69.0 Å². The minimum absolute atomic E-state index is 0.0100. The number of sulfonamides is 1. The molecule has 8 nitrogen and oxygen atoms in total. The molecule has 200 valence electrons. The molecule has 0 aliphatic carbocycles. The van der Waals surface area contributed by atoms with Gasteiger partial charge in [0.15, 0.2) is 0 Å². The zero-order valence-electron chi connectivity index (χ0n) is 21.6. The second kappa shape index (κ2) is 11.4. The van der Waals surface area contributed by atoms with Crippen LogP contribution in [0.15, 0.2) is 83.3 Å². The summed E-state index contributed by atoms with van der Waals surface area (Å²) in [5, 5.41) is 16.1.